The van der Waals surface area contributed by atoms with Gasteiger partial charge in [0.2, 0.25) is 5.78 Å². The maximum Gasteiger partial charge on any atom is 0.293 e. The average molecular weight is 430 g/mol. The molecule has 1 fully saturated rings. The van der Waals surface area contributed by atoms with Gasteiger partial charge in [-0.25, -0.2) is 4.98 Å². The summed E-state index contributed by atoms with van der Waals surface area (Å²) in [6.45, 7) is 2.77. The molecule has 162 valence electrons. The van der Waals surface area contributed by atoms with Crippen molar-refractivity contribution in [3.63, 3.8) is 0 Å². The molecule has 0 unspecified atom stereocenters. The molecule has 1 aliphatic rings. The van der Waals surface area contributed by atoms with Crippen LogP contribution in [0.5, 0.6) is 0 Å². The molecule has 4 rings (SSSR count). The third-order valence-electron chi connectivity index (χ3n) is 5.66. The van der Waals surface area contributed by atoms with E-state index in [0.29, 0.717) is 30.9 Å². The third kappa shape index (κ3) is 4.16. The lowest BCUT2D eigenvalue weighted by Gasteiger charge is -2.25. The van der Waals surface area contributed by atoms with Gasteiger partial charge in [-0.1, -0.05) is 0 Å². The first-order valence-corrected chi connectivity index (χ1v) is 10.3. The van der Waals surface area contributed by atoms with Crippen molar-refractivity contribution in [2.24, 2.45) is 7.05 Å². The average Bonchev–Trinajstić information content (AvgIpc) is 3.09. The molecule has 1 aromatic heterocycles. The fourth-order valence-electron chi connectivity index (χ4n) is 3.96. The summed E-state index contributed by atoms with van der Waals surface area (Å²) in [5.74, 6) is -0.116. The second kappa shape index (κ2) is 8.89. The van der Waals surface area contributed by atoms with E-state index in [1.165, 1.54) is 12.3 Å². The monoisotopic (exact) mass is 430 g/mol. The van der Waals surface area contributed by atoms with Crippen LogP contribution in [0.1, 0.15) is 28.2 Å². The molecule has 0 spiro atoms. The summed E-state index contributed by atoms with van der Waals surface area (Å²) in [6.07, 6.45) is 4.00. The normalized spacial score (nSPS) is 14.0. The van der Waals surface area contributed by atoms with E-state index in [0.717, 1.165) is 18.7 Å². The van der Waals surface area contributed by atoms with Gasteiger partial charge in [0.15, 0.2) is 5.82 Å². The van der Waals surface area contributed by atoms with Gasteiger partial charge in [0, 0.05) is 62.9 Å². The highest BCUT2D eigenvalue weighted by Gasteiger charge is 2.25. The summed E-state index contributed by atoms with van der Waals surface area (Å²) in [6, 6.07) is 14.2. The van der Waals surface area contributed by atoms with Crippen molar-refractivity contribution in [3.8, 4) is 6.07 Å². The highest BCUT2D eigenvalue weighted by atomic mass is 16.6. The summed E-state index contributed by atoms with van der Waals surface area (Å²) in [5, 5.41) is 20.8. The van der Waals surface area contributed by atoms with Crippen LogP contribution in [0.3, 0.4) is 0 Å². The van der Waals surface area contributed by atoms with Gasteiger partial charge in [-0.15, -0.1) is 0 Å². The number of imidazole rings is 1. The molecule has 2 heterocycles. The topological polar surface area (TPSA) is 108 Å². The van der Waals surface area contributed by atoms with Gasteiger partial charge in [0.25, 0.3) is 5.69 Å². The van der Waals surface area contributed by atoms with E-state index < -0.39 is 4.92 Å². The van der Waals surface area contributed by atoms with E-state index in [1.54, 1.807) is 42.1 Å². The molecule has 0 aliphatic carbocycles. The van der Waals surface area contributed by atoms with Crippen molar-refractivity contribution >= 4 is 22.8 Å². The number of benzene rings is 2. The van der Waals surface area contributed by atoms with Crippen molar-refractivity contribution in [1.29, 1.82) is 5.26 Å². The Bertz CT molecular complexity index is 1200. The summed E-state index contributed by atoms with van der Waals surface area (Å²) in [5.41, 5.74) is 2.30. The fraction of sp³-hybridized carbons (Fsp3) is 0.261. The van der Waals surface area contributed by atoms with Crippen LogP contribution in [-0.2, 0) is 7.05 Å². The molecule has 1 saturated heterocycles. The van der Waals surface area contributed by atoms with E-state index in [-0.39, 0.29) is 22.9 Å². The molecule has 3 aromatic rings. The molecule has 0 atom stereocenters. The van der Waals surface area contributed by atoms with Gasteiger partial charge in [-0.3, -0.25) is 14.9 Å². The van der Waals surface area contributed by atoms with Crippen LogP contribution < -0.4 is 9.80 Å². The Balaban J connectivity index is 1.56. The Morgan fingerprint density at radius 3 is 2.47 bits per heavy atom. The van der Waals surface area contributed by atoms with Gasteiger partial charge in [-0.2, -0.15) is 5.26 Å². The molecule has 0 bridgehead atoms. The van der Waals surface area contributed by atoms with Crippen molar-refractivity contribution in [3.05, 3.63) is 81.9 Å². The first kappa shape index (κ1) is 21.1. The Morgan fingerprint density at radius 2 is 1.81 bits per heavy atom. The smallest absolute Gasteiger partial charge is 0.293 e. The zero-order valence-electron chi connectivity index (χ0n) is 17.6. The number of nitriles is 1. The number of carbonyl (C=O) groups excluding carboxylic acids is 1. The summed E-state index contributed by atoms with van der Waals surface area (Å²) < 4.78 is 1.59. The molecule has 9 heteroatoms. The number of aryl methyl sites for hydroxylation is 1. The zero-order chi connectivity index (χ0) is 22.7. The van der Waals surface area contributed by atoms with E-state index in [1.807, 2.05) is 17.0 Å². The molecule has 32 heavy (non-hydrogen) atoms. The lowest BCUT2D eigenvalue weighted by molar-refractivity contribution is -0.384. The lowest BCUT2D eigenvalue weighted by atomic mass is 10.1. The van der Waals surface area contributed by atoms with Crippen LogP contribution in [-0.4, -0.2) is 46.4 Å². The number of nitro benzene ring substituents is 1. The van der Waals surface area contributed by atoms with Gasteiger partial charge < -0.3 is 14.4 Å². The molecule has 0 amide bonds. The number of anilines is 2. The number of hydrogen-bond acceptors (Lipinski definition) is 7. The first-order chi connectivity index (χ1) is 15.5. The summed E-state index contributed by atoms with van der Waals surface area (Å²) >= 11 is 0. The van der Waals surface area contributed by atoms with Crippen molar-refractivity contribution in [2.45, 2.75) is 6.42 Å². The van der Waals surface area contributed by atoms with Crippen molar-refractivity contribution in [1.82, 2.24) is 9.55 Å². The van der Waals surface area contributed by atoms with E-state index in [2.05, 4.69) is 16.0 Å². The standard InChI is InChI=1S/C23H22N6O3/c1-26-12-9-25-23(26)22(30)18-5-8-20(21(15-18)29(31)32)28-11-2-10-27(13-14-28)19-6-3-17(16-24)4-7-19/h3-9,12,15H,2,10-11,13-14H2,1H3. The molecule has 0 N–H and O–H groups in total. The molecular formula is C23H22N6O3. The van der Waals surface area contributed by atoms with Crippen molar-refractivity contribution in [2.75, 3.05) is 36.0 Å². The second-order valence-corrected chi connectivity index (χ2v) is 7.64. The summed E-state index contributed by atoms with van der Waals surface area (Å²) in [4.78, 5) is 32.4. The number of rotatable bonds is 5. The number of nitrogens with zero attached hydrogens (tertiary/aromatic N) is 6. The quantitative estimate of drug-likeness (QED) is 0.347. The number of hydrogen-bond donors (Lipinski definition) is 0. The second-order valence-electron chi connectivity index (χ2n) is 7.64. The Hall–Kier alpha value is -4.19. The Morgan fingerprint density at radius 1 is 1.09 bits per heavy atom. The number of nitro groups is 1. The van der Waals surface area contributed by atoms with Crippen molar-refractivity contribution < 1.29 is 9.72 Å². The molecular weight excluding hydrogens is 408 g/mol. The number of ketones is 1. The minimum atomic E-state index is -0.437. The predicted octanol–water partition coefficient (Wildman–Crippen LogP) is 3.15. The largest absolute Gasteiger partial charge is 0.370 e. The molecule has 1 aliphatic heterocycles. The minimum Gasteiger partial charge on any atom is -0.370 e. The van der Waals surface area contributed by atoms with Crippen LogP contribution >= 0.6 is 0 Å². The predicted molar refractivity (Wildman–Crippen MR) is 120 cm³/mol. The molecule has 9 nitrogen and oxygen atoms in total. The van der Waals surface area contributed by atoms with Gasteiger partial charge >= 0.3 is 0 Å². The van der Waals surface area contributed by atoms with Crippen LogP contribution in [0.25, 0.3) is 0 Å². The van der Waals surface area contributed by atoms with Crippen LogP contribution in [0.4, 0.5) is 17.1 Å². The van der Waals surface area contributed by atoms with E-state index in [9.17, 15) is 14.9 Å². The SMILES string of the molecule is Cn1ccnc1C(=O)c1ccc(N2CCCN(c3ccc(C#N)cc3)CC2)c([N+](=O)[O-])c1. The van der Waals surface area contributed by atoms with Crippen LogP contribution in [0, 0.1) is 21.4 Å². The Kier molecular flexibility index (Phi) is 5.85. The number of aromatic nitrogens is 2. The van der Waals surface area contributed by atoms with Crippen LogP contribution in [0.2, 0.25) is 0 Å². The minimum absolute atomic E-state index is 0.0862. The lowest BCUT2D eigenvalue weighted by Crippen LogP contribution is -2.31. The molecule has 0 saturated carbocycles. The highest BCUT2D eigenvalue weighted by molar-refractivity contribution is 6.07. The van der Waals surface area contributed by atoms with Crippen LogP contribution in [0.15, 0.2) is 54.9 Å². The third-order valence-corrected chi connectivity index (χ3v) is 5.66. The fourth-order valence-corrected chi connectivity index (χ4v) is 3.96. The maximum atomic E-state index is 12.7. The zero-order valence-corrected chi connectivity index (χ0v) is 17.6. The number of carbonyl (C=O) groups is 1. The van der Waals surface area contributed by atoms with E-state index >= 15 is 0 Å². The molecule has 0 radical (unpaired) electrons. The summed E-state index contributed by atoms with van der Waals surface area (Å²) in [7, 11) is 1.71. The van der Waals surface area contributed by atoms with E-state index in [4.69, 9.17) is 5.26 Å². The van der Waals surface area contributed by atoms with Gasteiger partial charge in [0.1, 0.15) is 5.69 Å². The first-order valence-electron chi connectivity index (χ1n) is 10.3. The van der Waals surface area contributed by atoms with Gasteiger partial charge in [-0.05, 0) is 42.8 Å². The highest BCUT2D eigenvalue weighted by Crippen LogP contribution is 2.31. The Labute approximate surface area is 185 Å². The molecule has 2 aromatic carbocycles. The van der Waals surface area contributed by atoms with Gasteiger partial charge in [0.05, 0.1) is 16.6 Å². The maximum absolute atomic E-state index is 12.7.